The van der Waals surface area contributed by atoms with Gasteiger partial charge in [-0.2, -0.15) is 0 Å². The molecule has 13 aromatic rings. The highest BCUT2D eigenvalue weighted by molar-refractivity contribution is 6.13. The molecule has 69 heavy (non-hydrogen) atoms. The van der Waals surface area contributed by atoms with E-state index in [0.717, 1.165) is 71.7 Å². The molecule has 0 amide bonds. The summed E-state index contributed by atoms with van der Waals surface area (Å²) in [5.41, 5.74) is 20.6. The summed E-state index contributed by atoms with van der Waals surface area (Å²) in [7, 11) is 0. The van der Waals surface area contributed by atoms with E-state index in [-0.39, 0.29) is 0 Å². The minimum Gasteiger partial charge on any atom is -0.456 e. The Balaban J connectivity index is 0.892. The van der Waals surface area contributed by atoms with Crippen LogP contribution in [-0.2, 0) is 5.41 Å². The first-order valence-corrected chi connectivity index (χ1v) is 23.4. The molecule has 2 aliphatic carbocycles. The number of furan rings is 2. The van der Waals surface area contributed by atoms with Gasteiger partial charge < -0.3 is 8.83 Å². The summed E-state index contributed by atoms with van der Waals surface area (Å²) in [5.74, 6) is 1.74. The lowest BCUT2D eigenvalue weighted by Gasteiger charge is -2.32. The predicted octanol–water partition coefficient (Wildman–Crippen LogP) is 16.3. The molecule has 5 heteroatoms. The average molecular weight is 880 g/mol. The third-order valence-electron chi connectivity index (χ3n) is 14.6. The second kappa shape index (κ2) is 14.4. The van der Waals surface area contributed by atoms with Crippen molar-refractivity contribution in [1.82, 2.24) is 15.0 Å². The van der Waals surface area contributed by atoms with Gasteiger partial charge in [-0.05, 0) is 115 Å². The Kier molecular flexibility index (Phi) is 7.93. The van der Waals surface area contributed by atoms with Crippen LogP contribution in [0.3, 0.4) is 0 Å². The molecule has 0 fully saturated rings. The molecule has 0 N–H and O–H groups in total. The summed E-state index contributed by atoms with van der Waals surface area (Å²) >= 11 is 0. The minimum atomic E-state index is -0.452. The highest BCUT2D eigenvalue weighted by Gasteiger charge is 2.52. The number of nitrogens with zero attached hydrogens (tertiary/aromatic N) is 3. The summed E-state index contributed by atoms with van der Waals surface area (Å²) in [4.78, 5) is 15.5. The number of rotatable bonds is 5. The van der Waals surface area contributed by atoms with E-state index in [1.54, 1.807) is 0 Å². The van der Waals surface area contributed by atoms with Crippen LogP contribution in [0, 0.1) is 0 Å². The molecule has 0 bridgehead atoms. The van der Waals surface area contributed by atoms with E-state index in [4.69, 9.17) is 23.8 Å². The van der Waals surface area contributed by atoms with E-state index in [2.05, 4.69) is 152 Å². The van der Waals surface area contributed by atoms with Gasteiger partial charge in [0.2, 0.25) is 0 Å². The van der Waals surface area contributed by atoms with Crippen molar-refractivity contribution >= 4 is 43.9 Å². The fourth-order valence-electron chi connectivity index (χ4n) is 11.7. The topological polar surface area (TPSA) is 65.0 Å². The number of benzene rings is 10. The first-order chi connectivity index (χ1) is 34.2. The number of fused-ring (bicyclic) bond motifs is 16. The lowest BCUT2D eigenvalue weighted by molar-refractivity contribution is 0.668. The molecule has 3 heterocycles. The maximum Gasteiger partial charge on any atom is 0.164 e. The molecule has 2 aliphatic rings. The largest absolute Gasteiger partial charge is 0.456 e. The van der Waals surface area contributed by atoms with Gasteiger partial charge in [-0.25, -0.2) is 15.0 Å². The van der Waals surface area contributed by atoms with Crippen molar-refractivity contribution in [3.63, 3.8) is 0 Å². The van der Waals surface area contributed by atoms with Crippen molar-refractivity contribution in [2.45, 2.75) is 5.41 Å². The van der Waals surface area contributed by atoms with Crippen molar-refractivity contribution in [2.75, 3.05) is 0 Å². The van der Waals surface area contributed by atoms with E-state index in [1.807, 2.05) is 72.8 Å². The third-order valence-corrected chi connectivity index (χ3v) is 14.6. The molecule has 0 radical (unpaired) electrons. The second-order valence-electron chi connectivity index (χ2n) is 18.2. The van der Waals surface area contributed by atoms with Gasteiger partial charge in [0.1, 0.15) is 22.3 Å². The Morgan fingerprint density at radius 2 is 0.754 bits per heavy atom. The van der Waals surface area contributed by atoms with Crippen LogP contribution in [0.15, 0.2) is 233 Å². The molecule has 3 aromatic heterocycles. The lowest BCUT2D eigenvalue weighted by Crippen LogP contribution is -2.26. The zero-order chi connectivity index (χ0) is 45.2. The fraction of sp³-hybridized carbons (Fsp3) is 0.0156. The highest BCUT2D eigenvalue weighted by atomic mass is 16.3. The molecule has 15 rings (SSSR count). The lowest BCUT2D eigenvalue weighted by atomic mass is 9.68. The van der Waals surface area contributed by atoms with Gasteiger partial charge in [0.15, 0.2) is 17.5 Å². The quantitative estimate of drug-likeness (QED) is 0.172. The summed E-state index contributed by atoms with van der Waals surface area (Å²) in [5, 5.41) is 4.01. The Morgan fingerprint density at radius 3 is 1.54 bits per heavy atom. The number of aromatic nitrogens is 3. The number of para-hydroxylation sites is 1. The molecule has 1 spiro atoms. The van der Waals surface area contributed by atoms with E-state index >= 15 is 0 Å². The number of hydrogen-bond donors (Lipinski definition) is 0. The SMILES string of the molecule is c1ccc(-c2nc(-c3ccc4oc5ccccc5c4c3)nc(-c3cccc4oc5ccc(-c6cccc(-c7cccc8c7C7(c9ccccc9-c9ccccc97)c7ccccc7-8)c6)cc5c34)n2)cc1. The first kappa shape index (κ1) is 38.0. The third kappa shape index (κ3) is 5.44. The molecular weight excluding hydrogens is 843 g/mol. The van der Waals surface area contributed by atoms with Gasteiger partial charge in [0.05, 0.1) is 5.41 Å². The first-order valence-electron chi connectivity index (χ1n) is 23.4. The maximum absolute atomic E-state index is 6.62. The molecule has 0 aliphatic heterocycles. The predicted molar refractivity (Wildman–Crippen MR) is 278 cm³/mol. The van der Waals surface area contributed by atoms with Gasteiger partial charge >= 0.3 is 0 Å². The Hall–Kier alpha value is -9.19. The van der Waals surface area contributed by atoms with Crippen LogP contribution in [-0.4, -0.2) is 15.0 Å². The molecule has 0 saturated carbocycles. The van der Waals surface area contributed by atoms with Crippen LogP contribution in [0.5, 0.6) is 0 Å². The number of hydrogen-bond acceptors (Lipinski definition) is 5. The van der Waals surface area contributed by atoms with Gasteiger partial charge in [-0.15, -0.1) is 0 Å². The smallest absolute Gasteiger partial charge is 0.164 e. The van der Waals surface area contributed by atoms with Crippen LogP contribution < -0.4 is 0 Å². The second-order valence-corrected chi connectivity index (χ2v) is 18.2. The van der Waals surface area contributed by atoms with Crippen molar-refractivity contribution in [1.29, 1.82) is 0 Å². The molecule has 0 saturated heterocycles. The molecular formula is C64H37N3O2. The van der Waals surface area contributed by atoms with E-state index in [1.165, 1.54) is 55.6 Å². The van der Waals surface area contributed by atoms with Crippen LogP contribution in [0.25, 0.3) is 123 Å². The van der Waals surface area contributed by atoms with E-state index < -0.39 is 5.41 Å². The van der Waals surface area contributed by atoms with Gasteiger partial charge in [-0.3, -0.25) is 0 Å². The van der Waals surface area contributed by atoms with Gasteiger partial charge in [-0.1, -0.05) is 176 Å². The standard InChI is InChI=1S/C64H37N3O2/c1-2-15-38(16-3-1)61-65-62(42-32-34-56-50(37-42)47-22-7-11-29-55(47)68-56)67-63(66-61)49-25-14-30-58-59(49)51-36-40(31-33-57(51)69-58)39-17-12-18-41(35-39)43-23-13-24-48-46-21-6-10-28-54(46)64(60(43)48)52-26-8-4-19-44(52)45-20-5-9-27-53(45)64/h1-37H. The van der Waals surface area contributed by atoms with Crippen molar-refractivity contribution in [3.8, 4) is 78.7 Å². The highest BCUT2D eigenvalue weighted by Crippen LogP contribution is 2.64. The Bertz CT molecular complexity index is 4210. The van der Waals surface area contributed by atoms with Gasteiger partial charge in [0.25, 0.3) is 0 Å². The average Bonchev–Trinajstić information content (AvgIpc) is 4.16. The zero-order valence-electron chi connectivity index (χ0n) is 37.0. The van der Waals surface area contributed by atoms with Crippen molar-refractivity contribution in [3.05, 3.63) is 247 Å². The van der Waals surface area contributed by atoms with Crippen LogP contribution in [0.2, 0.25) is 0 Å². The van der Waals surface area contributed by atoms with Crippen molar-refractivity contribution < 1.29 is 8.83 Å². The monoisotopic (exact) mass is 879 g/mol. The molecule has 5 nitrogen and oxygen atoms in total. The van der Waals surface area contributed by atoms with Crippen LogP contribution in [0.4, 0.5) is 0 Å². The van der Waals surface area contributed by atoms with E-state index in [9.17, 15) is 0 Å². The summed E-state index contributed by atoms with van der Waals surface area (Å²) in [6, 6.07) is 79.9. The fourth-order valence-corrected chi connectivity index (χ4v) is 11.7. The summed E-state index contributed by atoms with van der Waals surface area (Å²) in [6.45, 7) is 0. The maximum atomic E-state index is 6.62. The van der Waals surface area contributed by atoms with Crippen LogP contribution in [0.1, 0.15) is 22.3 Å². The summed E-state index contributed by atoms with van der Waals surface area (Å²) < 4.78 is 12.8. The molecule has 320 valence electrons. The molecule has 0 unspecified atom stereocenters. The molecule has 0 atom stereocenters. The van der Waals surface area contributed by atoms with Crippen LogP contribution >= 0.6 is 0 Å². The van der Waals surface area contributed by atoms with Crippen molar-refractivity contribution in [2.24, 2.45) is 0 Å². The normalized spacial score (nSPS) is 13.0. The minimum absolute atomic E-state index is 0.452. The Morgan fingerprint density at radius 1 is 0.275 bits per heavy atom. The molecule has 10 aromatic carbocycles. The van der Waals surface area contributed by atoms with Gasteiger partial charge in [0, 0.05) is 38.2 Å². The van der Waals surface area contributed by atoms with E-state index in [0.29, 0.717) is 17.5 Å². The summed E-state index contributed by atoms with van der Waals surface area (Å²) in [6.07, 6.45) is 0. The zero-order valence-corrected chi connectivity index (χ0v) is 37.0. The Labute approximate surface area is 396 Å².